The van der Waals surface area contributed by atoms with E-state index in [1.807, 2.05) is 29.0 Å². The van der Waals surface area contributed by atoms with Crippen LogP contribution in [0.2, 0.25) is 0 Å². The lowest BCUT2D eigenvalue weighted by Crippen LogP contribution is -1.90. The molecule has 0 fully saturated rings. The first-order valence-electron chi connectivity index (χ1n) is 4.64. The molecule has 0 radical (unpaired) electrons. The maximum atomic E-state index is 9.31. The summed E-state index contributed by atoms with van der Waals surface area (Å²) >= 11 is 0. The van der Waals surface area contributed by atoms with Gasteiger partial charge in [0.15, 0.2) is 0 Å². The highest BCUT2D eigenvalue weighted by Gasteiger charge is 2.04. The van der Waals surface area contributed by atoms with Crippen molar-refractivity contribution < 1.29 is 5.11 Å². The minimum absolute atomic E-state index is 0.235. The van der Waals surface area contributed by atoms with Crippen molar-refractivity contribution in [1.82, 2.24) is 14.5 Å². The number of rotatable bonds is 1. The van der Waals surface area contributed by atoms with E-state index < -0.39 is 0 Å². The first kappa shape index (κ1) is 8.11. The van der Waals surface area contributed by atoms with Gasteiger partial charge in [0.1, 0.15) is 17.9 Å². The number of benzene rings is 1. The third-order valence-corrected chi connectivity index (χ3v) is 2.37. The number of imidazole rings is 1. The molecule has 1 aromatic carbocycles. The summed E-state index contributed by atoms with van der Waals surface area (Å²) in [7, 11) is 0. The molecule has 0 saturated carbocycles. The van der Waals surface area contributed by atoms with Gasteiger partial charge in [0.2, 0.25) is 0 Å². The summed E-state index contributed by atoms with van der Waals surface area (Å²) < 4.78 is 1.94. The predicted molar refractivity (Wildman–Crippen MR) is 57.1 cm³/mol. The second kappa shape index (κ2) is 2.88. The summed E-state index contributed by atoms with van der Waals surface area (Å²) in [5, 5.41) is 9.31. The van der Waals surface area contributed by atoms with Crippen LogP contribution in [0, 0.1) is 0 Å². The number of phenolic OH excluding ortho intramolecular Hbond substituents is 1. The van der Waals surface area contributed by atoms with Gasteiger partial charge in [-0.3, -0.25) is 4.57 Å². The molecule has 4 heteroatoms. The van der Waals surface area contributed by atoms with Gasteiger partial charge in [0.25, 0.3) is 0 Å². The Morgan fingerprint density at radius 1 is 1.27 bits per heavy atom. The molecule has 2 aromatic heterocycles. The van der Waals surface area contributed by atoms with Crippen LogP contribution < -0.4 is 0 Å². The van der Waals surface area contributed by atoms with Gasteiger partial charge in [-0.05, 0) is 24.3 Å². The van der Waals surface area contributed by atoms with E-state index >= 15 is 0 Å². The SMILES string of the molecule is Oc1ccc2c(c1)ncn2-c1ccc[nH]1. The van der Waals surface area contributed by atoms with Gasteiger partial charge in [-0.25, -0.2) is 4.98 Å². The zero-order valence-corrected chi connectivity index (χ0v) is 7.88. The monoisotopic (exact) mass is 199 g/mol. The number of hydrogen-bond acceptors (Lipinski definition) is 2. The molecule has 3 aromatic rings. The third-order valence-electron chi connectivity index (χ3n) is 2.37. The number of aromatic hydroxyl groups is 1. The average Bonchev–Trinajstić information content (AvgIpc) is 2.82. The van der Waals surface area contributed by atoms with Crippen molar-refractivity contribution in [2.45, 2.75) is 0 Å². The van der Waals surface area contributed by atoms with Crippen molar-refractivity contribution in [1.29, 1.82) is 0 Å². The Kier molecular flexibility index (Phi) is 1.56. The fraction of sp³-hybridized carbons (Fsp3) is 0. The molecular formula is C11H9N3O. The predicted octanol–water partition coefficient (Wildman–Crippen LogP) is 2.06. The molecular weight excluding hydrogens is 190 g/mol. The van der Waals surface area contributed by atoms with E-state index in [1.165, 1.54) is 0 Å². The number of aromatic amines is 1. The number of phenols is 1. The molecule has 0 aliphatic heterocycles. The topological polar surface area (TPSA) is 53.8 Å². The van der Waals surface area contributed by atoms with Gasteiger partial charge < -0.3 is 10.1 Å². The van der Waals surface area contributed by atoms with Gasteiger partial charge >= 0.3 is 0 Å². The van der Waals surface area contributed by atoms with Crippen LogP contribution in [0.4, 0.5) is 0 Å². The van der Waals surface area contributed by atoms with Crippen LogP contribution in [-0.2, 0) is 0 Å². The molecule has 0 saturated heterocycles. The van der Waals surface area contributed by atoms with Crippen molar-refractivity contribution in [2.75, 3.05) is 0 Å². The second-order valence-corrected chi connectivity index (χ2v) is 3.34. The largest absolute Gasteiger partial charge is 0.508 e. The van der Waals surface area contributed by atoms with Gasteiger partial charge in [-0.15, -0.1) is 0 Å². The fourth-order valence-electron chi connectivity index (χ4n) is 1.66. The number of H-pyrrole nitrogens is 1. The first-order chi connectivity index (χ1) is 7.34. The number of nitrogens with zero attached hydrogens (tertiary/aromatic N) is 2. The summed E-state index contributed by atoms with van der Waals surface area (Å²) in [5.41, 5.74) is 1.75. The standard InChI is InChI=1S/C11H9N3O/c15-8-3-4-10-9(6-8)13-7-14(10)11-2-1-5-12-11/h1-7,12,15H. The van der Waals surface area contributed by atoms with Crippen molar-refractivity contribution in [2.24, 2.45) is 0 Å². The van der Waals surface area contributed by atoms with E-state index in [1.54, 1.807) is 18.5 Å². The summed E-state index contributed by atoms with van der Waals surface area (Å²) in [5.74, 6) is 1.20. The molecule has 74 valence electrons. The van der Waals surface area contributed by atoms with Crippen molar-refractivity contribution in [3.05, 3.63) is 42.9 Å². The van der Waals surface area contributed by atoms with Crippen LogP contribution in [0.25, 0.3) is 16.9 Å². The second-order valence-electron chi connectivity index (χ2n) is 3.34. The number of nitrogens with one attached hydrogen (secondary N) is 1. The van der Waals surface area contributed by atoms with Crippen LogP contribution >= 0.6 is 0 Å². The summed E-state index contributed by atoms with van der Waals surface area (Å²) in [6.07, 6.45) is 3.59. The highest BCUT2D eigenvalue weighted by atomic mass is 16.3. The van der Waals surface area contributed by atoms with Gasteiger partial charge in [-0.2, -0.15) is 0 Å². The fourth-order valence-corrected chi connectivity index (χ4v) is 1.66. The molecule has 0 unspecified atom stereocenters. The molecule has 0 aliphatic carbocycles. The summed E-state index contributed by atoms with van der Waals surface area (Å²) in [6, 6.07) is 9.05. The molecule has 0 bridgehead atoms. The lowest BCUT2D eigenvalue weighted by atomic mass is 10.3. The van der Waals surface area contributed by atoms with Crippen LogP contribution in [0.1, 0.15) is 0 Å². The average molecular weight is 199 g/mol. The highest BCUT2D eigenvalue weighted by molar-refractivity contribution is 5.78. The molecule has 15 heavy (non-hydrogen) atoms. The van der Waals surface area contributed by atoms with E-state index in [0.29, 0.717) is 0 Å². The summed E-state index contributed by atoms with van der Waals surface area (Å²) in [4.78, 5) is 7.33. The Hall–Kier alpha value is -2.23. The Bertz CT molecular complexity index is 595. The Labute approximate surface area is 85.8 Å². The first-order valence-corrected chi connectivity index (χ1v) is 4.64. The highest BCUT2D eigenvalue weighted by Crippen LogP contribution is 2.20. The molecule has 3 rings (SSSR count). The van der Waals surface area contributed by atoms with E-state index in [0.717, 1.165) is 16.9 Å². The Balaban J connectivity index is 2.29. The van der Waals surface area contributed by atoms with Crippen molar-refractivity contribution in [3.63, 3.8) is 0 Å². The lowest BCUT2D eigenvalue weighted by Gasteiger charge is -2.00. The van der Waals surface area contributed by atoms with Crippen molar-refractivity contribution in [3.8, 4) is 11.6 Å². The molecule has 0 atom stereocenters. The molecule has 2 heterocycles. The number of fused-ring (bicyclic) bond motifs is 1. The maximum absolute atomic E-state index is 9.31. The maximum Gasteiger partial charge on any atom is 0.117 e. The normalized spacial score (nSPS) is 10.9. The molecule has 0 spiro atoms. The Morgan fingerprint density at radius 2 is 2.20 bits per heavy atom. The minimum atomic E-state index is 0.235. The van der Waals surface area contributed by atoms with Gasteiger partial charge in [0, 0.05) is 12.3 Å². The molecule has 0 amide bonds. The minimum Gasteiger partial charge on any atom is -0.508 e. The van der Waals surface area contributed by atoms with Gasteiger partial charge in [-0.1, -0.05) is 0 Å². The van der Waals surface area contributed by atoms with Crippen LogP contribution in [0.3, 0.4) is 0 Å². The zero-order valence-electron chi connectivity index (χ0n) is 7.88. The number of aromatic nitrogens is 3. The van der Waals surface area contributed by atoms with E-state index in [9.17, 15) is 5.11 Å². The quantitative estimate of drug-likeness (QED) is 0.630. The number of hydrogen-bond donors (Lipinski definition) is 2. The molecule has 2 N–H and O–H groups in total. The lowest BCUT2D eigenvalue weighted by molar-refractivity contribution is 0.476. The van der Waals surface area contributed by atoms with Crippen LogP contribution in [0.15, 0.2) is 42.9 Å². The van der Waals surface area contributed by atoms with E-state index in [-0.39, 0.29) is 5.75 Å². The zero-order chi connectivity index (χ0) is 10.3. The summed E-state index contributed by atoms with van der Waals surface area (Å²) in [6.45, 7) is 0. The molecule has 4 nitrogen and oxygen atoms in total. The van der Waals surface area contributed by atoms with E-state index in [4.69, 9.17) is 0 Å². The van der Waals surface area contributed by atoms with Gasteiger partial charge in [0.05, 0.1) is 11.0 Å². The molecule has 0 aliphatic rings. The smallest absolute Gasteiger partial charge is 0.117 e. The van der Waals surface area contributed by atoms with E-state index in [2.05, 4.69) is 9.97 Å². The third kappa shape index (κ3) is 1.19. The van der Waals surface area contributed by atoms with Crippen LogP contribution in [0.5, 0.6) is 5.75 Å². The van der Waals surface area contributed by atoms with Crippen molar-refractivity contribution >= 4 is 11.0 Å². The Morgan fingerprint density at radius 3 is 3.00 bits per heavy atom. The van der Waals surface area contributed by atoms with Crippen LogP contribution in [-0.4, -0.2) is 19.6 Å².